The summed E-state index contributed by atoms with van der Waals surface area (Å²) in [6.45, 7) is 0.0742. The summed E-state index contributed by atoms with van der Waals surface area (Å²) in [6, 6.07) is 20.7. The van der Waals surface area contributed by atoms with Crippen molar-refractivity contribution in [2.45, 2.75) is 25.2 Å². The number of hydrogen-bond acceptors (Lipinski definition) is 6. The van der Waals surface area contributed by atoms with Gasteiger partial charge in [-0.25, -0.2) is 47.0 Å². The summed E-state index contributed by atoms with van der Waals surface area (Å²) >= 11 is 0. The van der Waals surface area contributed by atoms with E-state index in [9.17, 15) is 24.3 Å². The quantitative estimate of drug-likeness (QED) is 0.318. The van der Waals surface area contributed by atoms with Gasteiger partial charge in [-0.05, 0) is 47.5 Å². The van der Waals surface area contributed by atoms with Gasteiger partial charge in [0.15, 0.2) is 11.5 Å². The third kappa shape index (κ3) is 3.98. The SMILES string of the molecule is COc1cc(C=CC2C3=CCn4c(=O)n(-c5ccccc5)c(=O)n4C3Cn3c(=O)n(-c4ccccc4)c(=O)n32)ccc1O. The number of phenols is 1. The maximum Gasteiger partial charge on any atom is 0.352 e. The van der Waals surface area contributed by atoms with E-state index in [0.717, 1.165) is 9.13 Å². The maximum atomic E-state index is 13.9. The van der Waals surface area contributed by atoms with Gasteiger partial charge in [-0.15, -0.1) is 0 Å². The molecule has 216 valence electrons. The van der Waals surface area contributed by atoms with Crippen LogP contribution < -0.4 is 27.5 Å². The Morgan fingerprint density at radius 2 is 1.37 bits per heavy atom. The van der Waals surface area contributed by atoms with Crippen LogP contribution in [0.15, 0.2) is 116 Å². The molecule has 2 aliphatic heterocycles. The highest BCUT2D eigenvalue weighted by molar-refractivity contribution is 5.56. The van der Waals surface area contributed by atoms with Crippen LogP contribution in [0.25, 0.3) is 17.5 Å². The van der Waals surface area contributed by atoms with Gasteiger partial charge in [0, 0.05) is 0 Å². The molecule has 4 heterocycles. The van der Waals surface area contributed by atoms with Crippen LogP contribution in [0, 0.1) is 0 Å². The highest BCUT2D eigenvalue weighted by atomic mass is 16.5. The van der Waals surface area contributed by atoms with Gasteiger partial charge < -0.3 is 9.84 Å². The Kier molecular flexibility index (Phi) is 6.04. The van der Waals surface area contributed by atoms with Gasteiger partial charge in [0.1, 0.15) is 0 Å². The highest BCUT2D eigenvalue weighted by Crippen LogP contribution is 2.36. The highest BCUT2D eigenvalue weighted by Gasteiger charge is 2.40. The molecule has 0 saturated carbocycles. The lowest BCUT2D eigenvalue weighted by Gasteiger charge is -2.36. The fourth-order valence-electron chi connectivity index (χ4n) is 5.96. The molecule has 1 N–H and O–H groups in total. The van der Waals surface area contributed by atoms with Crippen LogP contribution in [-0.4, -0.2) is 40.1 Å². The fourth-order valence-corrected chi connectivity index (χ4v) is 5.96. The van der Waals surface area contributed by atoms with Crippen molar-refractivity contribution in [3.8, 4) is 22.9 Å². The predicted octanol–water partition coefficient (Wildman–Crippen LogP) is 2.08. The molecule has 0 spiro atoms. The average Bonchev–Trinajstić information content (AvgIpc) is 3.44. The zero-order chi connectivity index (χ0) is 29.8. The van der Waals surface area contributed by atoms with Gasteiger partial charge in [-0.3, -0.25) is 0 Å². The number of allylic oxidation sites excluding steroid dienone is 3. The molecule has 2 unspecified atom stereocenters. The number of methoxy groups -OCH3 is 1. The second kappa shape index (κ2) is 9.94. The van der Waals surface area contributed by atoms with Crippen LogP contribution in [0.4, 0.5) is 0 Å². The normalized spacial score (nSPS) is 17.3. The topological polar surface area (TPSA) is 127 Å². The van der Waals surface area contributed by atoms with E-state index in [-0.39, 0.29) is 24.6 Å². The Morgan fingerprint density at radius 3 is 2.00 bits per heavy atom. The largest absolute Gasteiger partial charge is 0.504 e. The Labute approximate surface area is 243 Å². The molecule has 2 aromatic heterocycles. The number of aromatic nitrogens is 6. The summed E-state index contributed by atoms with van der Waals surface area (Å²) in [5.41, 5.74) is 0.102. The molecule has 12 heteroatoms. The molecular weight excluding hydrogens is 552 g/mol. The van der Waals surface area contributed by atoms with E-state index >= 15 is 0 Å². The number of aromatic hydroxyl groups is 1. The average molecular weight is 579 g/mol. The van der Waals surface area contributed by atoms with Crippen molar-refractivity contribution in [2.75, 3.05) is 7.11 Å². The summed E-state index contributed by atoms with van der Waals surface area (Å²) < 4.78 is 12.9. The second-order valence-corrected chi connectivity index (χ2v) is 10.3. The van der Waals surface area contributed by atoms with E-state index in [0.29, 0.717) is 22.5 Å². The zero-order valence-electron chi connectivity index (χ0n) is 23.0. The molecule has 0 saturated heterocycles. The summed E-state index contributed by atoms with van der Waals surface area (Å²) in [5.74, 6) is 0.264. The fraction of sp³-hybridized carbons (Fsp3) is 0.161. The number of phenolic OH excluding ortho intramolecular Hbond substituents is 1. The smallest absolute Gasteiger partial charge is 0.352 e. The van der Waals surface area contributed by atoms with Crippen LogP contribution >= 0.6 is 0 Å². The molecule has 3 aromatic carbocycles. The summed E-state index contributed by atoms with van der Waals surface area (Å²) in [5, 5.41) is 10.0. The van der Waals surface area contributed by atoms with Crippen molar-refractivity contribution < 1.29 is 9.84 Å². The third-order valence-corrected chi connectivity index (χ3v) is 7.95. The van der Waals surface area contributed by atoms with E-state index < -0.39 is 34.8 Å². The summed E-state index contributed by atoms with van der Waals surface area (Å²) in [7, 11) is 1.45. The lowest BCUT2D eigenvalue weighted by Crippen LogP contribution is -2.46. The Hall–Kier alpha value is -5.78. The van der Waals surface area contributed by atoms with Crippen molar-refractivity contribution in [1.82, 2.24) is 27.9 Å². The Morgan fingerprint density at radius 1 is 0.767 bits per heavy atom. The monoisotopic (exact) mass is 578 g/mol. The standard InChI is InChI=1S/C31H26N6O6/c1-43-27-18-20(13-15-26(27)38)12-14-24-23-16-17-32-28(39)34(21-8-4-2-5-9-21)31(42)37(32)25(23)19-33-29(40)35(30(41)36(24)33)22-10-6-3-7-11-22/h2-16,18,24-25,38H,17,19H2,1H3. The lowest BCUT2D eigenvalue weighted by atomic mass is 9.94. The first-order valence-corrected chi connectivity index (χ1v) is 13.6. The molecule has 0 bridgehead atoms. The van der Waals surface area contributed by atoms with Crippen LogP contribution in [0.2, 0.25) is 0 Å². The predicted molar refractivity (Wildman–Crippen MR) is 158 cm³/mol. The minimum absolute atomic E-state index is 0.0161. The number of fused-ring (bicyclic) bond motifs is 4. The number of benzene rings is 3. The van der Waals surface area contributed by atoms with Crippen LogP contribution in [0.3, 0.4) is 0 Å². The number of para-hydroxylation sites is 2. The van der Waals surface area contributed by atoms with E-state index in [2.05, 4.69) is 0 Å². The molecule has 43 heavy (non-hydrogen) atoms. The van der Waals surface area contributed by atoms with Crippen LogP contribution in [0.1, 0.15) is 17.6 Å². The third-order valence-electron chi connectivity index (χ3n) is 7.95. The van der Waals surface area contributed by atoms with Gasteiger partial charge >= 0.3 is 22.8 Å². The van der Waals surface area contributed by atoms with Gasteiger partial charge in [-0.2, -0.15) is 0 Å². The lowest BCUT2D eigenvalue weighted by molar-refractivity contribution is 0.249. The molecule has 7 rings (SSSR count). The van der Waals surface area contributed by atoms with Crippen molar-refractivity contribution >= 4 is 6.08 Å². The van der Waals surface area contributed by atoms with Crippen LogP contribution in [0.5, 0.6) is 11.5 Å². The molecule has 5 aromatic rings. The molecule has 0 radical (unpaired) electrons. The van der Waals surface area contributed by atoms with Crippen molar-refractivity contribution in [3.05, 3.63) is 144 Å². The summed E-state index contributed by atoms with van der Waals surface area (Å²) in [6.07, 6.45) is 5.37. The number of rotatable bonds is 5. The first-order valence-electron chi connectivity index (χ1n) is 13.6. The number of nitrogens with zero attached hydrogens (tertiary/aromatic N) is 6. The minimum atomic E-state index is -0.764. The molecule has 0 fully saturated rings. The van der Waals surface area contributed by atoms with E-state index in [4.69, 9.17) is 4.74 Å². The first-order chi connectivity index (χ1) is 20.9. The van der Waals surface area contributed by atoms with Gasteiger partial charge in [0.2, 0.25) is 0 Å². The first kappa shape index (κ1) is 26.1. The minimum Gasteiger partial charge on any atom is -0.504 e. The van der Waals surface area contributed by atoms with Gasteiger partial charge in [0.25, 0.3) is 0 Å². The van der Waals surface area contributed by atoms with E-state index in [1.165, 1.54) is 31.9 Å². The van der Waals surface area contributed by atoms with Crippen molar-refractivity contribution in [1.29, 1.82) is 0 Å². The van der Waals surface area contributed by atoms with E-state index in [1.54, 1.807) is 84.9 Å². The molecule has 2 aliphatic rings. The molecule has 0 aliphatic carbocycles. The molecular formula is C31H26N6O6. The van der Waals surface area contributed by atoms with Crippen LogP contribution in [-0.2, 0) is 13.1 Å². The second-order valence-electron chi connectivity index (χ2n) is 10.3. The molecule has 2 atom stereocenters. The van der Waals surface area contributed by atoms with E-state index in [1.807, 2.05) is 6.08 Å². The molecule has 12 nitrogen and oxygen atoms in total. The molecule has 0 amide bonds. The maximum absolute atomic E-state index is 13.9. The Bertz CT molecular complexity index is 2180. The number of hydrogen-bond donors (Lipinski definition) is 1. The van der Waals surface area contributed by atoms with Gasteiger partial charge in [0.05, 0.1) is 43.7 Å². The number of ether oxygens (including phenoxy) is 1. The summed E-state index contributed by atoms with van der Waals surface area (Å²) in [4.78, 5) is 55.0. The van der Waals surface area contributed by atoms with Crippen molar-refractivity contribution in [3.63, 3.8) is 0 Å². The van der Waals surface area contributed by atoms with Crippen molar-refractivity contribution in [2.24, 2.45) is 0 Å². The van der Waals surface area contributed by atoms with Gasteiger partial charge in [-0.1, -0.05) is 60.7 Å². The zero-order valence-corrected chi connectivity index (χ0v) is 23.0. The Balaban J connectivity index is 1.43.